The first-order valence-electron chi connectivity index (χ1n) is 6.69. The molecule has 2 N–H and O–H groups in total. The van der Waals surface area contributed by atoms with Gasteiger partial charge in [-0.05, 0) is 43.5 Å². The second-order valence-electron chi connectivity index (χ2n) is 4.85. The Balaban J connectivity index is 2.09. The van der Waals surface area contributed by atoms with Gasteiger partial charge >= 0.3 is 0 Å². The molecule has 0 aliphatic carbocycles. The number of hydrogen-bond acceptors (Lipinski definition) is 3. The van der Waals surface area contributed by atoms with E-state index in [9.17, 15) is 0 Å². The molecule has 3 heteroatoms. The molecule has 19 heavy (non-hydrogen) atoms. The third-order valence-electron chi connectivity index (χ3n) is 3.17. The van der Waals surface area contributed by atoms with E-state index in [0.29, 0.717) is 0 Å². The highest BCUT2D eigenvalue weighted by molar-refractivity contribution is 7.98. The summed E-state index contributed by atoms with van der Waals surface area (Å²) in [4.78, 5) is 1.31. The number of rotatable bonds is 6. The smallest absolute Gasteiger partial charge is 0.113 e. The molecule has 0 bridgehead atoms. The van der Waals surface area contributed by atoms with E-state index in [1.54, 1.807) is 6.26 Å². The first-order chi connectivity index (χ1) is 9.19. The highest BCUT2D eigenvalue weighted by Gasteiger charge is 2.08. The first-order valence-corrected chi connectivity index (χ1v) is 7.68. The molecular formula is C16H21NOS. The molecule has 0 amide bonds. The summed E-state index contributed by atoms with van der Waals surface area (Å²) in [6, 6.07) is 10.8. The maximum absolute atomic E-state index is 6.09. The van der Waals surface area contributed by atoms with Crippen molar-refractivity contribution in [2.75, 3.05) is 0 Å². The van der Waals surface area contributed by atoms with Crippen LogP contribution in [0.2, 0.25) is 0 Å². The Morgan fingerprint density at radius 2 is 2.16 bits per heavy atom. The molecule has 1 aromatic heterocycles. The average Bonchev–Trinajstić information content (AvgIpc) is 2.91. The third-order valence-corrected chi connectivity index (χ3v) is 4.31. The van der Waals surface area contributed by atoms with Gasteiger partial charge in [0.1, 0.15) is 5.76 Å². The third kappa shape index (κ3) is 4.15. The predicted octanol–water partition coefficient (Wildman–Crippen LogP) is 4.16. The Morgan fingerprint density at radius 1 is 1.32 bits per heavy atom. The van der Waals surface area contributed by atoms with Crippen LogP contribution < -0.4 is 5.73 Å². The monoisotopic (exact) mass is 275 g/mol. The molecule has 1 aromatic carbocycles. The number of hydrogen-bond donors (Lipinski definition) is 1. The maximum Gasteiger partial charge on any atom is 0.113 e. The molecule has 1 atom stereocenters. The Bertz CT molecular complexity index is 507. The lowest BCUT2D eigenvalue weighted by atomic mass is 10.0. The van der Waals surface area contributed by atoms with Gasteiger partial charge in [0.05, 0.1) is 12.0 Å². The fourth-order valence-electron chi connectivity index (χ4n) is 1.98. The van der Waals surface area contributed by atoms with E-state index in [-0.39, 0.29) is 6.04 Å². The van der Waals surface area contributed by atoms with Gasteiger partial charge in [0, 0.05) is 10.9 Å². The maximum atomic E-state index is 6.09. The molecule has 0 radical (unpaired) electrons. The van der Waals surface area contributed by atoms with Crippen LogP contribution >= 0.6 is 11.8 Å². The zero-order chi connectivity index (χ0) is 13.7. The van der Waals surface area contributed by atoms with E-state index < -0.39 is 0 Å². The van der Waals surface area contributed by atoms with Gasteiger partial charge in [-0.25, -0.2) is 0 Å². The van der Waals surface area contributed by atoms with Crippen molar-refractivity contribution < 1.29 is 4.42 Å². The fraction of sp³-hybridized carbons (Fsp3) is 0.375. The van der Waals surface area contributed by atoms with Crippen LogP contribution in [0, 0.1) is 6.92 Å². The van der Waals surface area contributed by atoms with Gasteiger partial charge in [-0.15, -0.1) is 11.8 Å². The quantitative estimate of drug-likeness (QED) is 0.805. The molecule has 1 unspecified atom stereocenters. The lowest BCUT2D eigenvalue weighted by Crippen LogP contribution is -2.21. The predicted molar refractivity (Wildman–Crippen MR) is 81.4 cm³/mol. The van der Waals surface area contributed by atoms with Crippen LogP contribution in [-0.4, -0.2) is 6.04 Å². The van der Waals surface area contributed by atoms with Gasteiger partial charge < -0.3 is 10.2 Å². The number of nitrogens with two attached hydrogens (primary N) is 1. The molecule has 2 aromatic rings. The van der Waals surface area contributed by atoms with Gasteiger partial charge in [0.25, 0.3) is 0 Å². The molecule has 2 nitrogen and oxygen atoms in total. The van der Waals surface area contributed by atoms with Crippen molar-refractivity contribution in [3.63, 3.8) is 0 Å². The summed E-state index contributed by atoms with van der Waals surface area (Å²) >= 11 is 1.82. The van der Waals surface area contributed by atoms with Crippen LogP contribution in [0.4, 0.5) is 0 Å². The van der Waals surface area contributed by atoms with Crippen LogP contribution in [0.5, 0.6) is 0 Å². The minimum absolute atomic E-state index is 0.241. The highest BCUT2D eigenvalue weighted by Crippen LogP contribution is 2.28. The lowest BCUT2D eigenvalue weighted by molar-refractivity contribution is 0.530. The molecule has 0 aliphatic rings. The SMILES string of the molecule is CCC(N)Cc1cc(C)ccc1SCc1ccco1. The largest absolute Gasteiger partial charge is 0.468 e. The molecule has 0 saturated carbocycles. The Kier molecular flexibility index (Phi) is 5.11. The van der Waals surface area contributed by atoms with E-state index in [1.165, 1.54) is 16.0 Å². The summed E-state index contributed by atoms with van der Waals surface area (Å²) in [7, 11) is 0. The highest BCUT2D eigenvalue weighted by atomic mass is 32.2. The normalized spacial score (nSPS) is 12.6. The van der Waals surface area contributed by atoms with E-state index >= 15 is 0 Å². The van der Waals surface area contributed by atoms with Crippen LogP contribution in [0.1, 0.15) is 30.2 Å². The summed E-state index contributed by atoms with van der Waals surface area (Å²) in [6.07, 6.45) is 3.67. The van der Waals surface area contributed by atoms with Crippen LogP contribution in [0.15, 0.2) is 45.9 Å². The van der Waals surface area contributed by atoms with E-state index in [2.05, 4.69) is 32.0 Å². The molecule has 102 valence electrons. The van der Waals surface area contributed by atoms with Crippen molar-refractivity contribution >= 4 is 11.8 Å². The van der Waals surface area contributed by atoms with Crippen molar-refractivity contribution in [2.45, 2.75) is 43.4 Å². The van der Waals surface area contributed by atoms with Crippen molar-refractivity contribution in [1.82, 2.24) is 0 Å². The summed E-state index contributed by atoms with van der Waals surface area (Å²) < 4.78 is 5.38. The minimum atomic E-state index is 0.241. The molecular weight excluding hydrogens is 254 g/mol. The molecule has 0 fully saturated rings. The van der Waals surface area contributed by atoms with E-state index in [4.69, 9.17) is 10.2 Å². The van der Waals surface area contributed by atoms with Gasteiger partial charge in [0.2, 0.25) is 0 Å². The molecule has 0 spiro atoms. The number of thioether (sulfide) groups is 1. The first kappa shape index (κ1) is 14.2. The summed E-state index contributed by atoms with van der Waals surface area (Å²) in [5, 5.41) is 0. The zero-order valence-corrected chi connectivity index (χ0v) is 12.4. The van der Waals surface area contributed by atoms with E-state index in [0.717, 1.165) is 24.4 Å². The van der Waals surface area contributed by atoms with Gasteiger partial charge in [-0.1, -0.05) is 24.6 Å². The van der Waals surface area contributed by atoms with Crippen molar-refractivity contribution in [3.05, 3.63) is 53.5 Å². The summed E-state index contributed by atoms with van der Waals surface area (Å²) in [5.74, 6) is 1.88. The molecule has 0 saturated heterocycles. The molecule has 2 rings (SSSR count). The number of furan rings is 1. The van der Waals surface area contributed by atoms with Crippen molar-refractivity contribution in [2.24, 2.45) is 5.73 Å². The van der Waals surface area contributed by atoms with Crippen molar-refractivity contribution in [1.29, 1.82) is 0 Å². The second kappa shape index (κ2) is 6.83. The topological polar surface area (TPSA) is 39.2 Å². The minimum Gasteiger partial charge on any atom is -0.468 e. The lowest BCUT2D eigenvalue weighted by Gasteiger charge is -2.13. The van der Waals surface area contributed by atoms with Gasteiger partial charge in [0.15, 0.2) is 0 Å². The fourth-order valence-corrected chi connectivity index (χ4v) is 2.93. The molecule has 1 heterocycles. The standard InChI is InChI=1S/C16H21NOS/c1-3-14(17)10-13-9-12(2)6-7-16(13)19-11-15-5-4-8-18-15/h4-9,14H,3,10-11,17H2,1-2H3. The van der Waals surface area contributed by atoms with Gasteiger partial charge in [-0.2, -0.15) is 0 Å². The summed E-state index contributed by atoms with van der Waals surface area (Å²) in [6.45, 7) is 4.26. The zero-order valence-electron chi connectivity index (χ0n) is 11.6. The Morgan fingerprint density at radius 3 is 2.84 bits per heavy atom. The van der Waals surface area contributed by atoms with Gasteiger partial charge in [-0.3, -0.25) is 0 Å². The average molecular weight is 275 g/mol. The van der Waals surface area contributed by atoms with Crippen LogP contribution in [-0.2, 0) is 12.2 Å². The number of aryl methyl sites for hydroxylation is 1. The van der Waals surface area contributed by atoms with Crippen LogP contribution in [0.25, 0.3) is 0 Å². The van der Waals surface area contributed by atoms with E-state index in [1.807, 2.05) is 23.9 Å². The second-order valence-corrected chi connectivity index (χ2v) is 5.87. The van der Waals surface area contributed by atoms with Crippen LogP contribution in [0.3, 0.4) is 0 Å². The van der Waals surface area contributed by atoms with Crippen molar-refractivity contribution in [3.8, 4) is 0 Å². The number of benzene rings is 1. The Labute approximate surface area is 119 Å². The Hall–Kier alpha value is -1.19. The molecule has 0 aliphatic heterocycles. The summed E-state index contributed by atoms with van der Waals surface area (Å²) in [5.41, 5.74) is 8.73.